The number of amides is 1. The molecule has 2 N–H and O–H groups in total. The van der Waals surface area contributed by atoms with Crippen LogP contribution in [-0.4, -0.2) is 23.0 Å². The maximum Gasteiger partial charge on any atom is 0.305 e. The summed E-state index contributed by atoms with van der Waals surface area (Å²) in [6.45, 7) is 3.68. The lowest BCUT2D eigenvalue weighted by atomic mass is 9.83. The van der Waals surface area contributed by atoms with E-state index in [9.17, 15) is 9.59 Å². The topological polar surface area (TPSA) is 66.4 Å². The molecule has 1 amide bonds. The zero-order chi connectivity index (χ0) is 13.5. The standard InChI is InChI=1S/C14H25NO3/c1-10(8-12-6-4-3-5-7-12)14(18)15-11(2)9-13(16)17/h10-12H,3-9H2,1-2H3,(H,15,18)(H,16,17). The first-order chi connectivity index (χ1) is 8.49. The van der Waals surface area contributed by atoms with Crippen LogP contribution >= 0.6 is 0 Å². The molecule has 0 spiro atoms. The third-order valence-corrected chi connectivity index (χ3v) is 3.73. The molecule has 0 aromatic rings. The molecule has 4 nitrogen and oxygen atoms in total. The van der Waals surface area contributed by atoms with Gasteiger partial charge in [-0.3, -0.25) is 9.59 Å². The summed E-state index contributed by atoms with van der Waals surface area (Å²) in [5.41, 5.74) is 0. The highest BCUT2D eigenvalue weighted by atomic mass is 16.4. The van der Waals surface area contributed by atoms with Crippen molar-refractivity contribution < 1.29 is 14.7 Å². The van der Waals surface area contributed by atoms with Gasteiger partial charge in [-0.25, -0.2) is 0 Å². The molecule has 0 saturated heterocycles. The Morgan fingerprint density at radius 3 is 2.39 bits per heavy atom. The summed E-state index contributed by atoms with van der Waals surface area (Å²) in [7, 11) is 0. The molecule has 2 atom stereocenters. The van der Waals surface area contributed by atoms with E-state index in [4.69, 9.17) is 5.11 Å². The van der Waals surface area contributed by atoms with E-state index >= 15 is 0 Å². The molecule has 0 heterocycles. The van der Waals surface area contributed by atoms with Crippen molar-refractivity contribution in [3.63, 3.8) is 0 Å². The SMILES string of the molecule is CC(CC(=O)O)NC(=O)C(C)CC1CCCCC1. The van der Waals surface area contributed by atoms with Gasteiger partial charge in [-0.15, -0.1) is 0 Å². The van der Waals surface area contributed by atoms with Gasteiger partial charge in [-0.2, -0.15) is 0 Å². The second-order valence-corrected chi connectivity index (χ2v) is 5.65. The van der Waals surface area contributed by atoms with Gasteiger partial charge in [0.25, 0.3) is 0 Å². The summed E-state index contributed by atoms with van der Waals surface area (Å²) in [6, 6.07) is -0.288. The average Bonchev–Trinajstić information content (AvgIpc) is 2.28. The number of carboxylic acid groups (broad SMARTS) is 1. The fourth-order valence-corrected chi connectivity index (χ4v) is 2.73. The van der Waals surface area contributed by atoms with Crippen LogP contribution in [0.2, 0.25) is 0 Å². The smallest absolute Gasteiger partial charge is 0.305 e. The Morgan fingerprint density at radius 1 is 1.22 bits per heavy atom. The van der Waals surface area contributed by atoms with E-state index in [1.165, 1.54) is 32.1 Å². The third kappa shape index (κ3) is 5.52. The number of nitrogens with one attached hydrogen (secondary N) is 1. The molecule has 1 aliphatic rings. The van der Waals surface area contributed by atoms with E-state index in [0.717, 1.165) is 6.42 Å². The molecule has 4 heteroatoms. The fourth-order valence-electron chi connectivity index (χ4n) is 2.73. The molecular weight excluding hydrogens is 230 g/mol. The monoisotopic (exact) mass is 255 g/mol. The van der Waals surface area contributed by atoms with E-state index in [-0.39, 0.29) is 24.3 Å². The molecule has 0 aromatic carbocycles. The van der Waals surface area contributed by atoms with Crippen molar-refractivity contribution in [2.24, 2.45) is 11.8 Å². The minimum atomic E-state index is -0.872. The van der Waals surface area contributed by atoms with Crippen molar-refractivity contribution in [1.82, 2.24) is 5.32 Å². The lowest BCUT2D eigenvalue weighted by Crippen LogP contribution is -2.38. The van der Waals surface area contributed by atoms with Crippen LogP contribution in [-0.2, 0) is 9.59 Å². The molecular formula is C14H25NO3. The summed E-state index contributed by atoms with van der Waals surface area (Å²) in [6.07, 6.45) is 7.30. The van der Waals surface area contributed by atoms with Crippen molar-refractivity contribution >= 4 is 11.9 Å². The Morgan fingerprint density at radius 2 is 1.83 bits per heavy atom. The first kappa shape index (κ1) is 15.0. The second-order valence-electron chi connectivity index (χ2n) is 5.65. The van der Waals surface area contributed by atoms with E-state index in [2.05, 4.69) is 5.32 Å². The minimum absolute atomic E-state index is 0.00526. The van der Waals surface area contributed by atoms with Gasteiger partial charge in [0.05, 0.1) is 6.42 Å². The second kappa shape index (κ2) is 7.39. The van der Waals surface area contributed by atoms with Crippen molar-refractivity contribution in [3.8, 4) is 0 Å². The number of carbonyl (C=O) groups excluding carboxylic acids is 1. The maximum absolute atomic E-state index is 11.9. The normalized spacial score (nSPS) is 20.1. The highest BCUT2D eigenvalue weighted by Crippen LogP contribution is 2.29. The fraction of sp³-hybridized carbons (Fsp3) is 0.857. The Labute approximate surface area is 109 Å². The first-order valence-electron chi connectivity index (χ1n) is 7.01. The highest BCUT2D eigenvalue weighted by molar-refractivity contribution is 5.79. The van der Waals surface area contributed by atoms with E-state index < -0.39 is 5.97 Å². The predicted octanol–water partition coefficient (Wildman–Crippen LogP) is 2.57. The molecule has 0 radical (unpaired) electrons. The zero-order valence-electron chi connectivity index (χ0n) is 11.4. The van der Waals surface area contributed by atoms with Crippen molar-refractivity contribution in [1.29, 1.82) is 0 Å². The number of carboxylic acids is 1. The Balaban J connectivity index is 2.29. The van der Waals surface area contributed by atoms with Crippen LogP contribution in [0.3, 0.4) is 0 Å². The van der Waals surface area contributed by atoms with Crippen LogP contribution < -0.4 is 5.32 Å². The van der Waals surface area contributed by atoms with Gasteiger partial charge in [0.2, 0.25) is 5.91 Å². The lowest BCUT2D eigenvalue weighted by molar-refractivity contribution is -0.137. The van der Waals surface area contributed by atoms with Crippen LogP contribution in [0.5, 0.6) is 0 Å². The molecule has 18 heavy (non-hydrogen) atoms. The van der Waals surface area contributed by atoms with Crippen molar-refractivity contribution in [3.05, 3.63) is 0 Å². The average molecular weight is 255 g/mol. The number of carbonyl (C=O) groups is 2. The first-order valence-corrected chi connectivity index (χ1v) is 7.01. The number of hydrogen-bond acceptors (Lipinski definition) is 2. The summed E-state index contributed by atoms with van der Waals surface area (Å²) in [5, 5.41) is 11.4. The molecule has 104 valence electrons. The molecule has 1 saturated carbocycles. The maximum atomic E-state index is 11.9. The van der Waals surface area contributed by atoms with E-state index in [1.807, 2.05) is 6.92 Å². The van der Waals surface area contributed by atoms with E-state index in [1.54, 1.807) is 6.92 Å². The Bertz CT molecular complexity index is 285. The van der Waals surface area contributed by atoms with Gasteiger partial charge in [0, 0.05) is 12.0 Å². The largest absolute Gasteiger partial charge is 0.481 e. The number of rotatable bonds is 6. The van der Waals surface area contributed by atoms with Crippen molar-refractivity contribution in [2.75, 3.05) is 0 Å². The van der Waals surface area contributed by atoms with Gasteiger partial charge in [0.1, 0.15) is 0 Å². The van der Waals surface area contributed by atoms with E-state index in [0.29, 0.717) is 5.92 Å². The predicted molar refractivity (Wildman–Crippen MR) is 70.2 cm³/mol. The molecule has 2 unspecified atom stereocenters. The molecule has 1 aliphatic carbocycles. The Hall–Kier alpha value is -1.06. The molecule has 1 fully saturated rings. The quantitative estimate of drug-likeness (QED) is 0.766. The molecule has 0 aromatic heterocycles. The number of hydrogen-bond donors (Lipinski definition) is 2. The van der Waals surface area contributed by atoms with Gasteiger partial charge < -0.3 is 10.4 Å². The van der Waals surface area contributed by atoms with Crippen LogP contribution in [0.15, 0.2) is 0 Å². The summed E-state index contributed by atoms with van der Waals surface area (Å²) in [4.78, 5) is 22.4. The molecule has 0 aliphatic heterocycles. The number of aliphatic carboxylic acids is 1. The van der Waals surface area contributed by atoms with Gasteiger partial charge in [-0.1, -0.05) is 39.0 Å². The van der Waals surface area contributed by atoms with Crippen LogP contribution in [0.4, 0.5) is 0 Å². The summed E-state index contributed by atoms with van der Waals surface area (Å²) in [5.74, 6) is -0.212. The lowest BCUT2D eigenvalue weighted by Gasteiger charge is -2.25. The van der Waals surface area contributed by atoms with Gasteiger partial charge in [0.15, 0.2) is 0 Å². The van der Waals surface area contributed by atoms with Gasteiger partial charge in [-0.05, 0) is 19.3 Å². The van der Waals surface area contributed by atoms with Crippen LogP contribution in [0.25, 0.3) is 0 Å². The molecule has 1 rings (SSSR count). The van der Waals surface area contributed by atoms with Gasteiger partial charge >= 0.3 is 5.97 Å². The zero-order valence-corrected chi connectivity index (χ0v) is 11.4. The van der Waals surface area contributed by atoms with Crippen LogP contribution in [0.1, 0.15) is 58.8 Å². The van der Waals surface area contributed by atoms with Crippen molar-refractivity contribution in [2.45, 2.75) is 64.8 Å². The van der Waals surface area contributed by atoms with Crippen LogP contribution in [0, 0.1) is 11.8 Å². The Kier molecular flexibility index (Phi) is 6.16. The highest BCUT2D eigenvalue weighted by Gasteiger charge is 2.22. The third-order valence-electron chi connectivity index (χ3n) is 3.73. The summed E-state index contributed by atoms with van der Waals surface area (Å²) >= 11 is 0. The molecule has 0 bridgehead atoms. The summed E-state index contributed by atoms with van der Waals surface area (Å²) < 4.78 is 0. The minimum Gasteiger partial charge on any atom is -0.481 e.